The zero-order valence-electron chi connectivity index (χ0n) is 11.2. The van der Waals surface area contributed by atoms with Crippen LogP contribution in [0.15, 0.2) is 17.0 Å². The van der Waals surface area contributed by atoms with Crippen molar-refractivity contribution in [1.82, 2.24) is 0 Å². The molecule has 0 amide bonds. The summed E-state index contributed by atoms with van der Waals surface area (Å²) in [6.07, 6.45) is -3.63. The molecule has 0 aliphatic heterocycles. The highest BCUT2D eigenvalue weighted by Crippen LogP contribution is 2.42. The summed E-state index contributed by atoms with van der Waals surface area (Å²) in [6, 6.07) is 3.06. The molecule has 0 unspecified atom stereocenters. The molecule has 9 heteroatoms. The van der Waals surface area contributed by atoms with Crippen molar-refractivity contribution in [3.63, 3.8) is 0 Å². The van der Waals surface area contributed by atoms with E-state index in [9.17, 15) is 26.7 Å². The van der Waals surface area contributed by atoms with Crippen LogP contribution in [0.2, 0.25) is 0 Å². The predicted octanol–water partition coefficient (Wildman–Crippen LogP) is 4.21. The van der Waals surface area contributed by atoms with Crippen LogP contribution in [0.3, 0.4) is 0 Å². The standard InChI is InChI=1S/C13H10F5NO2S/c1-2-21-11(20)5-7-3-9(12(14)15)10(4-8(7)6-19)22-13(16,17)18/h3-4,12H,2,5H2,1H3. The molecule has 1 rings (SSSR count). The van der Waals surface area contributed by atoms with E-state index in [1.165, 1.54) is 6.92 Å². The number of carbonyl (C=O) groups is 1. The second kappa shape index (κ2) is 7.45. The van der Waals surface area contributed by atoms with Crippen LogP contribution in [-0.4, -0.2) is 18.1 Å². The Bertz CT molecular complexity index is 595. The lowest BCUT2D eigenvalue weighted by Crippen LogP contribution is -2.10. The Kier molecular flexibility index (Phi) is 6.17. The van der Waals surface area contributed by atoms with Crippen LogP contribution in [0.1, 0.15) is 30.0 Å². The Balaban J connectivity index is 3.28. The van der Waals surface area contributed by atoms with Gasteiger partial charge in [0.1, 0.15) is 0 Å². The van der Waals surface area contributed by atoms with Crippen molar-refractivity contribution in [3.05, 3.63) is 28.8 Å². The van der Waals surface area contributed by atoms with Gasteiger partial charge in [-0.2, -0.15) is 18.4 Å². The van der Waals surface area contributed by atoms with Gasteiger partial charge in [0, 0.05) is 10.5 Å². The van der Waals surface area contributed by atoms with E-state index in [4.69, 9.17) is 5.26 Å². The number of hydrogen-bond donors (Lipinski definition) is 0. The lowest BCUT2D eigenvalue weighted by molar-refractivity contribution is -0.142. The van der Waals surface area contributed by atoms with E-state index in [0.29, 0.717) is 6.07 Å². The number of nitriles is 1. The van der Waals surface area contributed by atoms with Crippen molar-refractivity contribution >= 4 is 17.7 Å². The molecule has 0 bridgehead atoms. The van der Waals surface area contributed by atoms with Gasteiger partial charge in [-0.05, 0) is 36.4 Å². The van der Waals surface area contributed by atoms with E-state index in [-0.39, 0.29) is 17.7 Å². The lowest BCUT2D eigenvalue weighted by atomic mass is 10.0. The van der Waals surface area contributed by atoms with E-state index in [1.807, 2.05) is 0 Å². The lowest BCUT2D eigenvalue weighted by Gasteiger charge is -2.14. The quantitative estimate of drug-likeness (QED) is 0.458. The Labute approximate surface area is 127 Å². The minimum Gasteiger partial charge on any atom is -0.466 e. The van der Waals surface area contributed by atoms with Gasteiger partial charge in [0.15, 0.2) is 0 Å². The fourth-order valence-corrected chi connectivity index (χ4v) is 2.34. The SMILES string of the molecule is CCOC(=O)Cc1cc(C(F)F)c(SC(F)(F)F)cc1C#N. The van der Waals surface area contributed by atoms with E-state index in [1.54, 1.807) is 6.07 Å². The van der Waals surface area contributed by atoms with Gasteiger partial charge in [0.2, 0.25) is 0 Å². The molecule has 120 valence electrons. The summed E-state index contributed by atoms with van der Waals surface area (Å²) in [5.74, 6) is -0.754. The molecule has 0 saturated carbocycles. The summed E-state index contributed by atoms with van der Waals surface area (Å²) in [6.45, 7) is 1.60. The molecule has 0 saturated heterocycles. The number of ether oxygens (including phenoxy) is 1. The molecule has 1 aromatic rings. The largest absolute Gasteiger partial charge is 0.466 e. The molecule has 1 aromatic carbocycles. The number of halogens is 5. The van der Waals surface area contributed by atoms with E-state index >= 15 is 0 Å². The van der Waals surface area contributed by atoms with Crippen molar-refractivity contribution in [3.8, 4) is 6.07 Å². The first-order chi connectivity index (χ1) is 10.2. The fraction of sp³-hybridized carbons (Fsp3) is 0.385. The van der Waals surface area contributed by atoms with Crippen LogP contribution in [0.4, 0.5) is 22.0 Å². The summed E-state index contributed by atoms with van der Waals surface area (Å²) in [5, 5.41) is 8.93. The molecule has 3 nitrogen and oxygen atoms in total. The van der Waals surface area contributed by atoms with Crippen LogP contribution < -0.4 is 0 Å². The normalized spacial score (nSPS) is 11.4. The van der Waals surface area contributed by atoms with Crippen LogP contribution in [0.5, 0.6) is 0 Å². The third-order valence-corrected chi connectivity index (χ3v) is 3.26. The number of nitrogens with zero attached hydrogens (tertiary/aromatic N) is 1. The molecular weight excluding hydrogens is 329 g/mol. The summed E-state index contributed by atoms with van der Waals surface area (Å²) in [5.41, 5.74) is -6.01. The molecular formula is C13H10F5NO2S. The van der Waals surface area contributed by atoms with Crippen molar-refractivity contribution < 1.29 is 31.5 Å². The van der Waals surface area contributed by atoms with Gasteiger partial charge in [-0.25, -0.2) is 8.78 Å². The van der Waals surface area contributed by atoms with E-state index < -0.39 is 46.5 Å². The summed E-state index contributed by atoms with van der Waals surface area (Å²) >= 11 is -0.724. The van der Waals surface area contributed by atoms with Crippen LogP contribution in [0.25, 0.3) is 0 Å². The highest BCUT2D eigenvalue weighted by molar-refractivity contribution is 8.00. The second-order valence-corrected chi connectivity index (χ2v) is 5.10. The Hall–Kier alpha value is -1.82. The molecule has 0 N–H and O–H groups in total. The van der Waals surface area contributed by atoms with Gasteiger partial charge >= 0.3 is 11.5 Å². The average molecular weight is 339 g/mol. The molecule has 0 aliphatic rings. The molecule has 0 fully saturated rings. The van der Waals surface area contributed by atoms with Crippen molar-refractivity contribution in [2.45, 2.75) is 30.2 Å². The van der Waals surface area contributed by atoms with Gasteiger partial charge in [-0.3, -0.25) is 4.79 Å². The minimum atomic E-state index is -4.76. The summed E-state index contributed by atoms with van der Waals surface area (Å²) in [4.78, 5) is 10.6. The van der Waals surface area contributed by atoms with E-state index in [2.05, 4.69) is 4.74 Å². The number of thioether (sulfide) groups is 1. The summed E-state index contributed by atoms with van der Waals surface area (Å²) < 4.78 is 67.7. The zero-order valence-corrected chi connectivity index (χ0v) is 12.0. The smallest absolute Gasteiger partial charge is 0.446 e. The van der Waals surface area contributed by atoms with Crippen LogP contribution in [-0.2, 0) is 16.0 Å². The second-order valence-electron chi connectivity index (χ2n) is 3.99. The maximum Gasteiger partial charge on any atom is 0.446 e. The number of esters is 1. The van der Waals surface area contributed by atoms with Gasteiger partial charge in [0.05, 0.1) is 24.7 Å². The Morgan fingerprint density at radius 2 is 2.05 bits per heavy atom. The van der Waals surface area contributed by atoms with Crippen molar-refractivity contribution in [1.29, 1.82) is 5.26 Å². The molecule has 0 atom stereocenters. The first kappa shape index (κ1) is 18.2. The van der Waals surface area contributed by atoms with Gasteiger partial charge in [-0.15, -0.1) is 0 Å². The molecule has 0 radical (unpaired) electrons. The van der Waals surface area contributed by atoms with Crippen LogP contribution in [0, 0.1) is 11.3 Å². The maximum atomic E-state index is 12.9. The zero-order chi connectivity index (χ0) is 16.9. The van der Waals surface area contributed by atoms with Crippen LogP contribution >= 0.6 is 11.8 Å². The monoisotopic (exact) mass is 339 g/mol. The number of rotatable bonds is 5. The van der Waals surface area contributed by atoms with Gasteiger partial charge in [-0.1, -0.05) is 0 Å². The van der Waals surface area contributed by atoms with E-state index in [0.717, 1.165) is 6.07 Å². The number of hydrogen-bond acceptors (Lipinski definition) is 4. The number of benzene rings is 1. The van der Waals surface area contributed by atoms with Crippen molar-refractivity contribution in [2.24, 2.45) is 0 Å². The number of alkyl halides is 5. The Morgan fingerprint density at radius 3 is 2.50 bits per heavy atom. The van der Waals surface area contributed by atoms with Gasteiger partial charge < -0.3 is 4.74 Å². The minimum absolute atomic E-state index is 0.0600. The fourth-order valence-electron chi connectivity index (χ4n) is 1.65. The van der Waals surface area contributed by atoms with Gasteiger partial charge in [0.25, 0.3) is 6.43 Å². The Morgan fingerprint density at radius 1 is 1.41 bits per heavy atom. The average Bonchev–Trinajstić information content (AvgIpc) is 2.38. The molecule has 0 aliphatic carbocycles. The van der Waals surface area contributed by atoms with Crippen molar-refractivity contribution in [2.75, 3.05) is 6.61 Å². The highest BCUT2D eigenvalue weighted by Gasteiger charge is 2.32. The first-order valence-electron chi connectivity index (χ1n) is 5.94. The first-order valence-corrected chi connectivity index (χ1v) is 6.76. The highest BCUT2D eigenvalue weighted by atomic mass is 32.2. The third kappa shape index (κ3) is 5.18. The molecule has 0 heterocycles. The predicted molar refractivity (Wildman–Crippen MR) is 68.4 cm³/mol. The third-order valence-electron chi connectivity index (χ3n) is 2.46. The molecule has 0 aromatic heterocycles. The maximum absolute atomic E-state index is 12.9. The number of carbonyl (C=O) groups excluding carboxylic acids is 1. The topological polar surface area (TPSA) is 50.1 Å². The summed E-state index contributed by atoms with van der Waals surface area (Å²) in [7, 11) is 0. The molecule has 22 heavy (non-hydrogen) atoms. The molecule has 0 spiro atoms.